The fourth-order valence-electron chi connectivity index (χ4n) is 5.62. The second-order valence-corrected chi connectivity index (χ2v) is 9.54. The van der Waals surface area contributed by atoms with Crippen LogP contribution in [0.4, 0.5) is 19.1 Å². The van der Waals surface area contributed by atoms with Gasteiger partial charge in [-0.25, -0.2) is 9.97 Å². The fraction of sp³-hybridized carbons (Fsp3) is 0.545. The molecule has 0 spiro atoms. The number of anilines is 1. The van der Waals surface area contributed by atoms with E-state index in [2.05, 4.69) is 10.1 Å². The highest BCUT2D eigenvalue weighted by Gasteiger charge is 2.79. The molecule has 1 aliphatic heterocycles. The Labute approximate surface area is 182 Å². The molecule has 4 heterocycles. The van der Waals surface area contributed by atoms with Crippen molar-refractivity contribution in [3.8, 4) is 0 Å². The van der Waals surface area contributed by atoms with E-state index < -0.39 is 17.0 Å². The van der Waals surface area contributed by atoms with Gasteiger partial charge in [0, 0.05) is 41.8 Å². The van der Waals surface area contributed by atoms with Gasteiger partial charge in [-0.2, -0.15) is 23.3 Å². The van der Waals surface area contributed by atoms with Crippen LogP contribution in [0.15, 0.2) is 24.5 Å². The normalized spacial score (nSPS) is 29.7. The van der Waals surface area contributed by atoms with Crippen LogP contribution in [0.1, 0.15) is 42.3 Å². The first kappa shape index (κ1) is 19.9. The van der Waals surface area contributed by atoms with Crippen molar-refractivity contribution in [1.29, 1.82) is 0 Å². The van der Waals surface area contributed by atoms with Crippen molar-refractivity contribution in [3.63, 3.8) is 0 Å². The first-order chi connectivity index (χ1) is 15.2. The van der Waals surface area contributed by atoms with E-state index in [-0.39, 0.29) is 25.4 Å². The summed E-state index contributed by atoms with van der Waals surface area (Å²) in [5, 5.41) is 4.98. The molecule has 3 aliphatic carbocycles. The summed E-state index contributed by atoms with van der Waals surface area (Å²) in [7, 11) is 1.86. The minimum absolute atomic E-state index is 0.102. The molecule has 1 saturated heterocycles. The molecule has 0 radical (unpaired) electrons. The van der Waals surface area contributed by atoms with Gasteiger partial charge in [-0.05, 0) is 38.3 Å². The van der Waals surface area contributed by atoms with Crippen LogP contribution in [0.3, 0.4) is 0 Å². The number of aromatic nitrogens is 5. The Balaban J connectivity index is 1.37. The van der Waals surface area contributed by atoms with E-state index in [0.717, 1.165) is 16.6 Å². The molecule has 0 unspecified atom stereocenters. The molecule has 32 heavy (non-hydrogen) atoms. The Bertz CT molecular complexity index is 1200. The summed E-state index contributed by atoms with van der Waals surface area (Å²) < 4.78 is 48.1. The molecule has 4 fully saturated rings. The quantitative estimate of drug-likeness (QED) is 0.615. The molecule has 4 aliphatic rings. The number of aryl methyl sites for hydroxylation is 2. The van der Waals surface area contributed by atoms with Crippen LogP contribution in [-0.2, 0) is 17.2 Å². The SMILES string of the molecule is Cc1ccc2c(C34CC(C(F)(F)F)(C3)C4)nc(N3CCO[C@H](c4cnn(C)c4)C3)nc2n1. The predicted octanol–water partition coefficient (Wildman–Crippen LogP) is 3.63. The smallest absolute Gasteiger partial charge is 0.370 e. The van der Waals surface area contributed by atoms with Crippen LogP contribution in [-0.4, -0.2) is 50.6 Å². The molecular formula is C22H23F3N6O. The summed E-state index contributed by atoms with van der Waals surface area (Å²) in [5.41, 5.74) is 0.969. The van der Waals surface area contributed by atoms with Crippen LogP contribution < -0.4 is 4.90 Å². The van der Waals surface area contributed by atoms with Crippen molar-refractivity contribution in [2.45, 2.75) is 43.9 Å². The third-order valence-electron chi connectivity index (χ3n) is 7.27. The summed E-state index contributed by atoms with van der Waals surface area (Å²) >= 11 is 0. The number of alkyl halides is 3. The number of fused-ring (bicyclic) bond motifs is 1. The molecule has 7 rings (SSSR count). The zero-order valence-electron chi connectivity index (χ0n) is 17.9. The molecule has 7 nitrogen and oxygen atoms in total. The molecule has 0 N–H and O–H groups in total. The van der Waals surface area contributed by atoms with Crippen molar-refractivity contribution in [1.82, 2.24) is 24.7 Å². The standard InChI is InChI=1S/C22H23F3N6O/c1-13-3-4-15-17(20-10-21(11-20,12-20)22(23,24)25)28-19(29-18(15)27-13)31-5-6-32-16(9-31)14-7-26-30(2)8-14/h3-4,7-8,16H,5-6,9-12H2,1-2H3/t16-,20?,21?/m0/s1. The molecule has 3 aromatic rings. The highest BCUT2D eigenvalue weighted by molar-refractivity contribution is 5.81. The number of halogens is 3. The highest BCUT2D eigenvalue weighted by Crippen LogP contribution is 2.78. The first-order valence-electron chi connectivity index (χ1n) is 10.8. The average molecular weight is 444 g/mol. The lowest BCUT2D eigenvalue weighted by atomic mass is 9.33. The molecule has 2 bridgehead atoms. The van der Waals surface area contributed by atoms with Gasteiger partial charge in [0.1, 0.15) is 6.10 Å². The Morgan fingerprint density at radius 1 is 1.12 bits per heavy atom. The van der Waals surface area contributed by atoms with Crippen molar-refractivity contribution in [2.75, 3.05) is 24.6 Å². The van der Waals surface area contributed by atoms with E-state index in [1.165, 1.54) is 0 Å². The van der Waals surface area contributed by atoms with Crippen molar-refractivity contribution in [3.05, 3.63) is 41.5 Å². The predicted molar refractivity (Wildman–Crippen MR) is 110 cm³/mol. The van der Waals surface area contributed by atoms with E-state index in [0.29, 0.717) is 37.0 Å². The third kappa shape index (κ3) is 2.78. The summed E-state index contributed by atoms with van der Waals surface area (Å²) in [6, 6.07) is 3.77. The maximum Gasteiger partial charge on any atom is 0.394 e. The van der Waals surface area contributed by atoms with Crippen LogP contribution >= 0.6 is 0 Å². The maximum atomic E-state index is 13.5. The van der Waals surface area contributed by atoms with Crippen molar-refractivity contribution in [2.24, 2.45) is 12.5 Å². The Morgan fingerprint density at radius 2 is 1.91 bits per heavy atom. The Morgan fingerprint density at radius 3 is 2.59 bits per heavy atom. The minimum atomic E-state index is -4.16. The fourth-order valence-corrected chi connectivity index (χ4v) is 5.62. The zero-order chi connectivity index (χ0) is 22.3. The van der Waals surface area contributed by atoms with Crippen LogP contribution in [0.5, 0.6) is 0 Å². The zero-order valence-corrected chi connectivity index (χ0v) is 17.9. The topological polar surface area (TPSA) is 69.0 Å². The number of nitrogens with zero attached hydrogens (tertiary/aromatic N) is 6. The second kappa shape index (κ2) is 6.40. The first-order valence-corrected chi connectivity index (χ1v) is 10.8. The molecule has 0 amide bonds. The van der Waals surface area contributed by atoms with E-state index in [9.17, 15) is 13.2 Å². The van der Waals surface area contributed by atoms with Gasteiger partial charge in [0.05, 0.1) is 30.5 Å². The van der Waals surface area contributed by atoms with Gasteiger partial charge >= 0.3 is 6.18 Å². The minimum Gasteiger partial charge on any atom is -0.370 e. The van der Waals surface area contributed by atoms with Gasteiger partial charge in [-0.15, -0.1) is 0 Å². The van der Waals surface area contributed by atoms with Gasteiger partial charge in [0.25, 0.3) is 0 Å². The molecule has 1 atom stereocenters. The lowest BCUT2D eigenvalue weighted by Gasteiger charge is -2.70. The molecule has 168 valence electrons. The van der Waals surface area contributed by atoms with Gasteiger partial charge in [0.15, 0.2) is 5.65 Å². The largest absolute Gasteiger partial charge is 0.394 e. The lowest BCUT2D eigenvalue weighted by molar-refractivity contribution is -0.337. The van der Waals surface area contributed by atoms with Crippen LogP contribution in [0, 0.1) is 12.3 Å². The summed E-state index contributed by atoms with van der Waals surface area (Å²) in [5.74, 6) is 0.508. The van der Waals surface area contributed by atoms with Gasteiger partial charge < -0.3 is 9.64 Å². The number of rotatable bonds is 3. The molecule has 0 aromatic carbocycles. The van der Waals surface area contributed by atoms with Crippen molar-refractivity contribution < 1.29 is 17.9 Å². The summed E-state index contributed by atoms with van der Waals surface area (Å²) in [6.07, 6.45) is -0.321. The molecule has 10 heteroatoms. The van der Waals surface area contributed by atoms with Crippen LogP contribution in [0.2, 0.25) is 0 Å². The van der Waals surface area contributed by atoms with Crippen molar-refractivity contribution >= 4 is 17.0 Å². The number of ether oxygens (including phenoxy) is 1. The Kier molecular flexibility index (Phi) is 3.98. The van der Waals surface area contributed by atoms with Gasteiger partial charge in [-0.1, -0.05) is 0 Å². The van der Waals surface area contributed by atoms with E-state index in [1.807, 2.05) is 37.2 Å². The highest BCUT2D eigenvalue weighted by atomic mass is 19.4. The number of hydrogen-bond acceptors (Lipinski definition) is 6. The Hall–Kier alpha value is -2.75. The number of hydrogen-bond donors (Lipinski definition) is 0. The van der Waals surface area contributed by atoms with E-state index >= 15 is 0 Å². The monoisotopic (exact) mass is 444 g/mol. The molecule has 3 aromatic heterocycles. The average Bonchev–Trinajstić information content (AvgIpc) is 3.11. The molecular weight excluding hydrogens is 421 g/mol. The van der Waals surface area contributed by atoms with E-state index in [1.54, 1.807) is 10.9 Å². The molecule has 3 saturated carbocycles. The van der Waals surface area contributed by atoms with Gasteiger partial charge in [0.2, 0.25) is 5.95 Å². The number of morpholine rings is 1. The van der Waals surface area contributed by atoms with E-state index in [4.69, 9.17) is 14.7 Å². The van der Waals surface area contributed by atoms with Crippen LogP contribution in [0.25, 0.3) is 11.0 Å². The summed E-state index contributed by atoms with van der Waals surface area (Å²) in [6.45, 7) is 3.53. The number of pyridine rings is 1. The second-order valence-electron chi connectivity index (χ2n) is 9.54. The summed E-state index contributed by atoms with van der Waals surface area (Å²) in [4.78, 5) is 16.2. The maximum absolute atomic E-state index is 13.5. The third-order valence-corrected chi connectivity index (χ3v) is 7.27. The lowest BCUT2D eigenvalue weighted by Crippen LogP contribution is -2.70. The van der Waals surface area contributed by atoms with Gasteiger partial charge in [-0.3, -0.25) is 4.68 Å².